The van der Waals surface area contributed by atoms with Gasteiger partial charge < -0.3 is 11.6 Å². The quantitative estimate of drug-likeness (QED) is 0.539. The predicted molar refractivity (Wildman–Crippen MR) is 107 cm³/mol. The van der Waals surface area contributed by atoms with Crippen molar-refractivity contribution in [2.45, 2.75) is 32.6 Å². The summed E-state index contributed by atoms with van der Waals surface area (Å²) in [7, 11) is 0. The number of nitrogen functional groups attached to an aromatic ring is 2. The van der Waals surface area contributed by atoms with E-state index in [4.69, 9.17) is 11.6 Å². The molecule has 0 aliphatic rings. The molecule has 4 rings (SSSR count). The number of aromatic nitrogens is 3. The van der Waals surface area contributed by atoms with Gasteiger partial charge in [-0.1, -0.05) is 61.9 Å². The number of unbranched alkanes of at least 4 members (excludes halogenated alkanes) is 1. The van der Waals surface area contributed by atoms with Crippen LogP contribution in [-0.4, -0.2) is 14.6 Å². The molecule has 0 aliphatic heterocycles. The zero-order valence-electron chi connectivity index (χ0n) is 14.9. The van der Waals surface area contributed by atoms with Crippen LogP contribution in [0.25, 0.3) is 21.9 Å². The van der Waals surface area contributed by atoms with Gasteiger partial charge in [-0.05, 0) is 24.0 Å². The molecule has 5 heteroatoms. The van der Waals surface area contributed by atoms with Gasteiger partial charge in [-0.25, -0.2) is 14.6 Å². The van der Waals surface area contributed by atoms with Gasteiger partial charge in [-0.3, -0.25) is 0 Å². The van der Waals surface area contributed by atoms with E-state index in [1.807, 2.05) is 12.1 Å². The van der Waals surface area contributed by atoms with E-state index in [9.17, 15) is 0 Å². The second kappa shape index (κ2) is 6.67. The van der Waals surface area contributed by atoms with Crippen LogP contribution in [0.15, 0.2) is 48.5 Å². The monoisotopic (exact) mass is 345 g/mol. The lowest BCUT2D eigenvalue weighted by Crippen LogP contribution is -2.13. The van der Waals surface area contributed by atoms with E-state index in [-0.39, 0.29) is 0 Å². The molecular formula is C21H23N5. The van der Waals surface area contributed by atoms with Crippen LogP contribution in [0.3, 0.4) is 0 Å². The van der Waals surface area contributed by atoms with Crippen LogP contribution in [-0.2, 0) is 12.8 Å². The summed E-state index contributed by atoms with van der Waals surface area (Å²) in [6.45, 7) is 2.16. The minimum absolute atomic E-state index is 0.440. The number of hydrogen-bond donors (Lipinski definition) is 2. The van der Waals surface area contributed by atoms with Gasteiger partial charge in [0.15, 0.2) is 5.82 Å². The molecule has 4 N–H and O–H groups in total. The molecule has 0 fully saturated rings. The molecule has 0 saturated heterocycles. The van der Waals surface area contributed by atoms with Gasteiger partial charge in [0.05, 0.1) is 5.52 Å². The SMILES string of the molecule is CCCCc1nc2c(N)nc3c(Cc4ccccc4)cccc3c2n1N. The summed E-state index contributed by atoms with van der Waals surface area (Å²) in [5, 5.41) is 1.00. The van der Waals surface area contributed by atoms with Crippen LogP contribution in [0.1, 0.15) is 36.7 Å². The second-order valence-corrected chi connectivity index (χ2v) is 6.67. The highest BCUT2D eigenvalue weighted by molar-refractivity contribution is 6.07. The molecule has 2 aromatic carbocycles. The Labute approximate surface area is 152 Å². The lowest BCUT2D eigenvalue weighted by molar-refractivity contribution is 0.735. The minimum atomic E-state index is 0.440. The van der Waals surface area contributed by atoms with Gasteiger partial charge in [0.2, 0.25) is 0 Å². The third-order valence-electron chi connectivity index (χ3n) is 4.83. The van der Waals surface area contributed by atoms with Crippen molar-refractivity contribution in [3.05, 3.63) is 65.5 Å². The summed E-state index contributed by atoms with van der Waals surface area (Å²) in [5.74, 6) is 7.69. The molecule has 2 heterocycles. The average molecular weight is 345 g/mol. The van der Waals surface area contributed by atoms with E-state index in [1.54, 1.807) is 4.68 Å². The lowest BCUT2D eigenvalue weighted by Gasteiger charge is -2.09. The number of fused-ring (bicyclic) bond motifs is 3. The summed E-state index contributed by atoms with van der Waals surface area (Å²) < 4.78 is 1.69. The number of hydrogen-bond acceptors (Lipinski definition) is 4. The van der Waals surface area contributed by atoms with Gasteiger partial charge in [-0.15, -0.1) is 0 Å². The van der Waals surface area contributed by atoms with Crippen LogP contribution in [0, 0.1) is 0 Å². The van der Waals surface area contributed by atoms with Crippen LogP contribution in [0.4, 0.5) is 5.82 Å². The predicted octanol–water partition coefficient (Wildman–Crippen LogP) is 3.81. The maximum atomic E-state index is 6.39. The maximum Gasteiger partial charge on any atom is 0.152 e. The number of rotatable bonds is 5. The fourth-order valence-electron chi connectivity index (χ4n) is 3.47. The zero-order chi connectivity index (χ0) is 18.1. The highest BCUT2D eigenvalue weighted by Gasteiger charge is 2.17. The molecular weight excluding hydrogens is 322 g/mol. The maximum absolute atomic E-state index is 6.39. The molecule has 0 bridgehead atoms. The molecule has 0 radical (unpaired) electrons. The highest BCUT2D eigenvalue weighted by Crippen LogP contribution is 2.30. The van der Waals surface area contributed by atoms with Crippen LogP contribution in [0.2, 0.25) is 0 Å². The number of nitrogens with zero attached hydrogens (tertiary/aromatic N) is 3. The largest absolute Gasteiger partial charge is 0.382 e. The summed E-state index contributed by atoms with van der Waals surface area (Å²) >= 11 is 0. The third-order valence-corrected chi connectivity index (χ3v) is 4.83. The number of anilines is 1. The molecule has 0 spiro atoms. The van der Waals surface area contributed by atoms with Crippen LogP contribution >= 0.6 is 0 Å². The average Bonchev–Trinajstić information content (AvgIpc) is 2.99. The van der Waals surface area contributed by atoms with Crippen molar-refractivity contribution >= 4 is 27.8 Å². The molecule has 132 valence electrons. The van der Waals surface area contributed by atoms with Crippen molar-refractivity contribution in [2.75, 3.05) is 11.6 Å². The number of aryl methyl sites for hydroxylation is 1. The van der Waals surface area contributed by atoms with Gasteiger partial charge >= 0.3 is 0 Å². The highest BCUT2D eigenvalue weighted by atomic mass is 15.3. The summed E-state index contributed by atoms with van der Waals surface area (Å²) in [6, 6.07) is 16.6. The van der Waals surface area contributed by atoms with E-state index < -0.39 is 0 Å². The normalized spacial score (nSPS) is 11.4. The van der Waals surface area contributed by atoms with Crippen molar-refractivity contribution < 1.29 is 0 Å². The van der Waals surface area contributed by atoms with Crippen LogP contribution in [0.5, 0.6) is 0 Å². The molecule has 4 aromatic rings. The molecule has 0 unspecified atom stereocenters. The first-order valence-electron chi connectivity index (χ1n) is 9.06. The Balaban J connectivity index is 1.91. The summed E-state index contributed by atoms with van der Waals surface area (Å²) in [5.41, 5.74) is 11.1. The Morgan fingerprint density at radius 3 is 2.54 bits per heavy atom. The number of benzene rings is 2. The minimum Gasteiger partial charge on any atom is -0.382 e. The topological polar surface area (TPSA) is 82.8 Å². The summed E-state index contributed by atoms with van der Waals surface area (Å²) in [6.07, 6.45) is 3.79. The number of para-hydroxylation sites is 1. The molecule has 2 aromatic heterocycles. The standard InChI is InChI=1S/C21H23N5/c1-2-3-12-17-24-19-20(26(17)23)16-11-7-10-15(18(16)25-21(19)22)13-14-8-5-4-6-9-14/h4-11H,2-3,12-13,23H2,1H3,(H2,22,25). The van der Waals surface area contributed by atoms with Gasteiger partial charge in [0.25, 0.3) is 0 Å². The fourth-order valence-corrected chi connectivity index (χ4v) is 3.47. The molecule has 0 amide bonds. The van der Waals surface area contributed by atoms with E-state index in [0.29, 0.717) is 11.3 Å². The van der Waals surface area contributed by atoms with E-state index in [2.05, 4.69) is 53.3 Å². The number of imidazole rings is 1. The number of pyridine rings is 1. The molecule has 0 aliphatic carbocycles. The first-order valence-corrected chi connectivity index (χ1v) is 9.06. The molecule has 5 nitrogen and oxygen atoms in total. The Morgan fingerprint density at radius 1 is 0.962 bits per heavy atom. The number of nitrogens with two attached hydrogens (primary N) is 2. The Morgan fingerprint density at radius 2 is 1.77 bits per heavy atom. The zero-order valence-corrected chi connectivity index (χ0v) is 14.9. The van der Waals surface area contributed by atoms with Crippen LogP contribution < -0.4 is 11.6 Å². The third kappa shape index (κ3) is 2.75. The van der Waals surface area contributed by atoms with Crippen molar-refractivity contribution in [3.63, 3.8) is 0 Å². The fraction of sp³-hybridized carbons (Fsp3) is 0.238. The smallest absolute Gasteiger partial charge is 0.152 e. The molecule has 26 heavy (non-hydrogen) atoms. The molecule has 0 saturated carbocycles. The Bertz CT molecular complexity index is 1070. The van der Waals surface area contributed by atoms with Gasteiger partial charge in [-0.2, -0.15) is 0 Å². The van der Waals surface area contributed by atoms with E-state index in [1.165, 1.54) is 5.56 Å². The first kappa shape index (κ1) is 16.4. The van der Waals surface area contributed by atoms with Crippen molar-refractivity contribution in [3.8, 4) is 0 Å². The van der Waals surface area contributed by atoms with Crippen molar-refractivity contribution in [1.29, 1.82) is 0 Å². The van der Waals surface area contributed by atoms with Gasteiger partial charge in [0, 0.05) is 11.8 Å². The Hall–Kier alpha value is -3.08. The van der Waals surface area contributed by atoms with Crippen molar-refractivity contribution in [2.24, 2.45) is 0 Å². The second-order valence-electron chi connectivity index (χ2n) is 6.67. The lowest BCUT2D eigenvalue weighted by atomic mass is 10.0. The van der Waals surface area contributed by atoms with Crippen molar-refractivity contribution in [1.82, 2.24) is 14.6 Å². The molecule has 0 atom stereocenters. The van der Waals surface area contributed by atoms with E-state index >= 15 is 0 Å². The van der Waals surface area contributed by atoms with E-state index in [0.717, 1.165) is 53.5 Å². The summed E-state index contributed by atoms with van der Waals surface area (Å²) in [4.78, 5) is 9.34. The first-order chi connectivity index (χ1) is 12.7. The Kier molecular flexibility index (Phi) is 4.21. The van der Waals surface area contributed by atoms with Gasteiger partial charge in [0.1, 0.15) is 16.9 Å².